The van der Waals surface area contributed by atoms with Gasteiger partial charge in [-0.2, -0.15) is 18.2 Å². The summed E-state index contributed by atoms with van der Waals surface area (Å²) in [5.74, 6) is 0.721. The second-order valence-electron chi connectivity index (χ2n) is 6.19. The number of rotatable bonds is 6. The second-order valence-corrected chi connectivity index (χ2v) is 6.19. The molecule has 8 heteroatoms. The Balaban J connectivity index is 1.70. The van der Waals surface area contributed by atoms with Crippen LogP contribution in [0.15, 0.2) is 60.8 Å². The molecule has 0 aliphatic carbocycles. The van der Waals surface area contributed by atoms with Crippen LogP contribution in [-0.2, 0) is 6.18 Å². The first-order valence-corrected chi connectivity index (χ1v) is 8.58. The van der Waals surface area contributed by atoms with Crippen molar-refractivity contribution in [3.8, 4) is 0 Å². The SMILES string of the molecule is Cc1ccccc1Nc1nccc(NCC(O)c2ccccc2C(F)(F)F)n1. The Morgan fingerprint density at radius 2 is 1.75 bits per heavy atom. The van der Waals surface area contributed by atoms with Gasteiger partial charge in [-0.1, -0.05) is 36.4 Å². The molecule has 0 saturated heterocycles. The Labute approximate surface area is 160 Å². The molecule has 1 atom stereocenters. The molecule has 0 fully saturated rings. The maximum absolute atomic E-state index is 13.1. The Kier molecular flexibility index (Phi) is 5.79. The maximum atomic E-state index is 13.1. The number of anilines is 3. The molecule has 2 aromatic carbocycles. The topological polar surface area (TPSA) is 70.1 Å². The molecule has 146 valence electrons. The molecular weight excluding hydrogens is 369 g/mol. The number of halogens is 3. The van der Waals surface area contributed by atoms with E-state index in [1.807, 2.05) is 31.2 Å². The first kappa shape index (κ1) is 19.6. The van der Waals surface area contributed by atoms with Crippen LogP contribution in [0.4, 0.5) is 30.6 Å². The van der Waals surface area contributed by atoms with Gasteiger partial charge in [-0.3, -0.25) is 0 Å². The molecule has 0 aliphatic rings. The molecule has 0 saturated carbocycles. The summed E-state index contributed by atoms with van der Waals surface area (Å²) < 4.78 is 39.3. The number of aliphatic hydroxyl groups excluding tert-OH is 1. The molecule has 0 radical (unpaired) electrons. The molecule has 3 rings (SSSR count). The molecule has 1 heterocycles. The fourth-order valence-electron chi connectivity index (χ4n) is 2.71. The highest BCUT2D eigenvalue weighted by Gasteiger charge is 2.34. The number of hydrogen-bond acceptors (Lipinski definition) is 5. The van der Waals surface area contributed by atoms with Gasteiger partial charge in [0.25, 0.3) is 0 Å². The fraction of sp³-hybridized carbons (Fsp3) is 0.200. The van der Waals surface area contributed by atoms with Gasteiger partial charge in [-0.25, -0.2) is 4.98 Å². The average Bonchev–Trinajstić information content (AvgIpc) is 2.67. The van der Waals surface area contributed by atoms with E-state index >= 15 is 0 Å². The number of aryl methyl sites for hydroxylation is 1. The van der Waals surface area contributed by atoms with Crippen molar-refractivity contribution in [2.24, 2.45) is 0 Å². The largest absolute Gasteiger partial charge is 0.416 e. The van der Waals surface area contributed by atoms with Crippen LogP contribution in [0.25, 0.3) is 0 Å². The first-order chi connectivity index (χ1) is 13.3. The molecule has 0 amide bonds. The quantitative estimate of drug-likeness (QED) is 0.571. The molecule has 1 unspecified atom stereocenters. The lowest BCUT2D eigenvalue weighted by Crippen LogP contribution is -2.18. The number of para-hydroxylation sites is 1. The Bertz CT molecular complexity index is 946. The minimum absolute atomic E-state index is 0.131. The van der Waals surface area contributed by atoms with Gasteiger partial charge < -0.3 is 15.7 Å². The predicted molar refractivity (Wildman–Crippen MR) is 101 cm³/mol. The number of aliphatic hydroxyl groups is 1. The van der Waals surface area contributed by atoms with Crippen molar-refractivity contribution in [2.45, 2.75) is 19.2 Å². The van der Waals surface area contributed by atoms with Crippen LogP contribution in [0.3, 0.4) is 0 Å². The van der Waals surface area contributed by atoms with Crippen molar-refractivity contribution in [1.29, 1.82) is 0 Å². The third kappa shape index (κ3) is 4.77. The highest BCUT2D eigenvalue weighted by molar-refractivity contribution is 5.58. The average molecular weight is 388 g/mol. The lowest BCUT2D eigenvalue weighted by molar-refractivity contribution is -0.139. The Hall–Kier alpha value is -3.13. The summed E-state index contributed by atoms with van der Waals surface area (Å²) in [6, 6.07) is 14.2. The van der Waals surface area contributed by atoms with Crippen LogP contribution in [-0.4, -0.2) is 21.6 Å². The lowest BCUT2D eigenvalue weighted by Gasteiger charge is -2.18. The zero-order chi connectivity index (χ0) is 20.1. The third-order valence-corrected chi connectivity index (χ3v) is 4.15. The van der Waals surface area contributed by atoms with E-state index in [4.69, 9.17) is 0 Å². The number of hydrogen-bond donors (Lipinski definition) is 3. The maximum Gasteiger partial charge on any atom is 0.416 e. The molecule has 3 aromatic rings. The minimum atomic E-state index is -4.53. The molecule has 3 N–H and O–H groups in total. The van der Waals surface area contributed by atoms with E-state index in [9.17, 15) is 18.3 Å². The van der Waals surface area contributed by atoms with Crippen LogP contribution >= 0.6 is 0 Å². The monoisotopic (exact) mass is 388 g/mol. The third-order valence-electron chi connectivity index (χ3n) is 4.15. The van der Waals surface area contributed by atoms with Crippen LogP contribution < -0.4 is 10.6 Å². The fourth-order valence-corrected chi connectivity index (χ4v) is 2.71. The summed E-state index contributed by atoms with van der Waals surface area (Å²) in [7, 11) is 0. The van der Waals surface area contributed by atoms with Crippen LogP contribution in [0, 0.1) is 6.92 Å². The van der Waals surface area contributed by atoms with Gasteiger partial charge in [0.15, 0.2) is 0 Å². The highest BCUT2D eigenvalue weighted by Crippen LogP contribution is 2.34. The minimum Gasteiger partial charge on any atom is -0.387 e. The van der Waals surface area contributed by atoms with Gasteiger partial charge >= 0.3 is 6.18 Å². The standard InChI is InChI=1S/C20H19F3N4O/c1-13-6-2-5-9-16(13)26-19-24-11-10-18(27-19)25-12-17(28)14-7-3-4-8-15(14)20(21,22)23/h2-11,17,28H,12H2,1H3,(H2,24,25,26,27). The number of benzene rings is 2. The smallest absolute Gasteiger partial charge is 0.387 e. The van der Waals surface area contributed by atoms with E-state index in [0.29, 0.717) is 11.8 Å². The van der Waals surface area contributed by atoms with Crippen LogP contribution in [0.1, 0.15) is 22.8 Å². The van der Waals surface area contributed by atoms with Gasteiger partial charge in [0.05, 0.1) is 11.7 Å². The summed E-state index contributed by atoms with van der Waals surface area (Å²) in [6.45, 7) is 1.81. The van der Waals surface area contributed by atoms with E-state index in [1.54, 1.807) is 6.07 Å². The Morgan fingerprint density at radius 1 is 1.04 bits per heavy atom. The molecular formula is C20H19F3N4O. The normalized spacial score (nSPS) is 12.5. The van der Waals surface area contributed by atoms with Crippen molar-refractivity contribution in [3.05, 3.63) is 77.5 Å². The summed E-state index contributed by atoms with van der Waals surface area (Å²) in [5.41, 5.74) is 0.825. The van der Waals surface area contributed by atoms with Gasteiger partial charge in [-0.05, 0) is 36.2 Å². The number of aromatic nitrogens is 2. The van der Waals surface area contributed by atoms with E-state index in [2.05, 4.69) is 20.6 Å². The van der Waals surface area contributed by atoms with Crippen molar-refractivity contribution in [1.82, 2.24) is 9.97 Å². The highest BCUT2D eigenvalue weighted by atomic mass is 19.4. The van der Waals surface area contributed by atoms with E-state index in [-0.39, 0.29) is 12.1 Å². The van der Waals surface area contributed by atoms with Gasteiger partial charge in [0.1, 0.15) is 5.82 Å². The van der Waals surface area contributed by atoms with Gasteiger partial charge in [0.2, 0.25) is 5.95 Å². The summed E-state index contributed by atoms with van der Waals surface area (Å²) in [4.78, 5) is 8.41. The number of alkyl halides is 3. The molecule has 28 heavy (non-hydrogen) atoms. The lowest BCUT2D eigenvalue weighted by atomic mass is 10.0. The first-order valence-electron chi connectivity index (χ1n) is 8.58. The van der Waals surface area contributed by atoms with E-state index < -0.39 is 17.8 Å². The zero-order valence-electron chi connectivity index (χ0n) is 15.0. The van der Waals surface area contributed by atoms with Crippen molar-refractivity contribution in [2.75, 3.05) is 17.2 Å². The molecule has 1 aromatic heterocycles. The van der Waals surface area contributed by atoms with Crippen molar-refractivity contribution in [3.63, 3.8) is 0 Å². The Morgan fingerprint density at radius 3 is 2.50 bits per heavy atom. The van der Waals surface area contributed by atoms with Gasteiger partial charge in [-0.15, -0.1) is 0 Å². The van der Waals surface area contributed by atoms with Gasteiger partial charge in [0, 0.05) is 18.4 Å². The second kappa shape index (κ2) is 8.26. The molecule has 0 bridgehead atoms. The summed E-state index contributed by atoms with van der Waals surface area (Å²) >= 11 is 0. The van der Waals surface area contributed by atoms with Crippen LogP contribution in [0.5, 0.6) is 0 Å². The summed E-state index contributed by atoms with van der Waals surface area (Å²) in [6.07, 6.45) is -4.36. The van der Waals surface area contributed by atoms with Crippen molar-refractivity contribution < 1.29 is 18.3 Å². The van der Waals surface area contributed by atoms with Crippen LogP contribution in [0.2, 0.25) is 0 Å². The summed E-state index contributed by atoms with van der Waals surface area (Å²) in [5, 5.41) is 16.2. The van der Waals surface area contributed by atoms with E-state index in [1.165, 1.54) is 24.4 Å². The molecule has 0 spiro atoms. The van der Waals surface area contributed by atoms with Crippen molar-refractivity contribution >= 4 is 17.5 Å². The van der Waals surface area contributed by atoms with E-state index in [0.717, 1.165) is 17.3 Å². The number of nitrogens with one attached hydrogen (secondary N) is 2. The number of nitrogens with zero attached hydrogens (tertiary/aromatic N) is 2. The molecule has 5 nitrogen and oxygen atoms in total. The predicted octanol–water partition coefficient (Wildman–Crippen LogP) is 4.69. The zero-order valence-corrected chi connectivity index (χ0v) is 15.0. The molecule has 0 aliphatic heterocycles.